The van der Waals surface area contributed by atoms with Gasteiger partial charge in [-0.2, -0.15) is 0 Å². The highest BCUT2D eigenvalue weighted by atomic mass is 79.9. The van der Waals surface area contributed by atoms with Gasteiger partial charge >= 0.3 is 0 Å². The highest BCUT2D eigenvalue weighted by molar-refractivity contribution is 9.09. The molecular weight excluding hydrogens is 224 g/mol. The third kappa shape index (κ3) is 2.71. The minimum atomic E-state index is 0.647. The topological polar surface area (TPSA) is 0 Å². The van der Waals surface area contributed by atoms with Gasteiger partial charge in [0.1, 0.15) is 0 Å². The Morgan fingerprint density at radius 2 is 1.85 bits per heavy atom. The molecule has 0 N–H and O–H groups in total. The van der Waals surface area contributed by atoms with Crippen LogP contribution in [0.5, 0.6) is 0 Å². The molecule has 78 valence electrons. The normalized spacial score (nSPS) is 24.2. The van der Waals surface area contributed by atoms with E-state index in [0.717, 1.165) is 5.92 Å². The number of alkyl halides is 1. The second-order valence-electron chi connectivity index (χ2n) is 4.75. The Bertz CT molecular complexity index is 136. The smallest absolute Gasteiger partial charge is 0.00905 e. The van der Waals surface area contributed by atoms with E-state index in [9.17, 15) is 0 Å². The first-order valence-electron chi connectivity index (χ1n) is 5.81. The molecule has 0 radical (unpaired) electrons. The van der Waals surface area contributed by atoms with Crippen LogP contribution in [-0.2, 0) is 0 Å². The molecule has 13 heavy (non-hydrogen) atoms. The number of rotatable bonds is 4. The van der Waals surface area contributed by atoms with E-state index in [0.29, 0.717) is 5.41 Å². The highest BCUT2D eigenvalue weighted by Gasteiger charge is 2.35. The van der Waals surface area contributed by atoms with E-state index in [-0.39, 0.29) is 0 Å². The minimum absolute atomic E-state index is 0.647. The van der Waals surface area contributed by atoms with Crippen LogP contribution >= 0.6 is 15.9 Å². The van der Waals surface area contributed by atoms with Crippen molar-refractivity contribution >= 4 is 15.9 Å². The molecule has 0 aliphatic heterocycles. The molecule has 1 fully saturated rings. The summed E-state index contributed by atoms with van der Waals surface area (Å²) < 4.78 is 0. The molecule has 0 spiro atoms. The quantitative estimate of drug-likeness (QED) is 0.628. The van der Waals surface area contributed by atoms with Crippen LogP contribution in [0.25, 0.3) is 0 Å². The summed E-state index contributed by atoms with van der Waals surface area (Å²) in [5, 5.41) is 1.22. The lowest BCUT2D eigenvalue weighted by molar-refractivity contribution is 0.131. The zero-order chi connectivity index (χ0) is 9.73. The molecule has 1 atom stereocenters. The van der Waals surface area contributed by atoms with Crippen molar-refractivity contribution in [3.63, 3.8) is 0 Å². The Kier molecular flexibility index (Phi) is 4.78. The Morgan fingerprint density at radius 1 is 1.23 bits per heavy atom. The molecule has 0 nitrogen and oxygen atoms in total. The summed E-state index contributed by atoms with van der Waals surface area (Å²) in [5.41, 5.74) is 0.647. The minimum Gasteiger partial charge on any atom is -0.0922 e. The van der Waals surface area contributed by atoms with E-state index >= 15 is 0 Å². The molecule has 1 unspecified atom stereocenters. The molecule has 0 aromatic heterocycles. The summed E-state index contributed by atoms with van der Waals surface area (Å²) >= 11 is 3.74. The van der Waals surface area contributed by atoms with Crippen LogP contribution in [0.2, 0.25) is 0 Å². The maximum Gasteiger partial charge on any atom is 0.00905 e. The third-order valence-corrected chi connectivity index (χ3v) is 5.00. The molecule has 1 heteroatoms. The summed E-state index contributed by atoms with van der Waals surface area (Å²) in [6, 6.07) is 0. The van der Waals surface area contributed by atoms with Crippen molar-refractivity contribution < 1.29 is 0 Å². The van der Waals surface area contributed by atoms with E-state index in [1.165, 1.54) is 50.3 Å². The van der Waals surface area contributed by atoms with Gasteiger partial charge in [0, 0.05) is 5.33 Å². The molecular formula is C12H23Br. The van der Waals surface area contributed by atoms with Crippen molar-refractivity contribution in [2.75, 3.05) is 5.33 Å². The SMILES string of the molecule is CCCC(C)C1(CBr)CCCCC1. The predicted octanol–water partition coefficient (Wildman–Crippen LogP) is 4.77. The summed E-state index contributed by atoms with van der Waals surface area (Å²) in [6.45, 7) is 4.76. The fourth-order valence-electron chi connectivity index (χ4n) is 2.75. The van der Waals surface area contributed by atoms with Gasteiger partial charge in [-0.05, 0) is 24.2 Å². The lowest BCUT2D eigenvalue weighted by Gasteiger charge is -2.41. The van der Waals surface area contributed by atoms with Crippen molar-refractivity contribution in [1.82, 2.24) is 0 Å². The first kappa shape index (κ1) is 11.6. The largest absolute Gasteiger partial charge is 0.0922 e. The van der Waals surface area contributed by atoms with Crippen LogP contribution in [-0.4, -0.2) is 5.33 Å². The molecule has 0 saturated heterocycles. The maximum absolute atomic E-state index is 3.74. The average molecular weight is 247 g/mol. The summed E-state index contributed by atoms with van der Waals surface area (Å²) in [6.07, 6.45) is 10.0. The zero-order valence-corrected chi connectivity index (χ0v) is 10.7. The van der Waals surface area contributed by atoms with Crippen LogP contribution in [0.3, 0.4) is 0 Å². The Morgan fingerprint density at radius 3 is 2.31 bits per heavy atom. The Balaban J connectivity index is 2.55. The Labute approximate surface area is 91.6 Å². The molecule has 0 aromatic carbocycles. The van der Waals surface area contributed by atoms with Gasteiger partial charge in [0.25, 0.3) is 0 Å². The van der Waals surface area contributed by atoms with Gasteiger partial charge in [-0.15, -0.1) is 0 Å². The monoisotopic (exact) mass is 246 g/mol. The van der Waals surface area contributed by atoms with Gasteiger partial charge in [-0.25, -0.2) is 0 Å². The van der Waals surface area contributed by atoms with E-state index in [2.05, 4.69) is 29.8 Å². The molecule has 1 saturated carbocycles. The van der Waals surface area contributed by atoms with Gasteiger partial charge in [0.2, 0.25) is 0 Å². The molecule has 0 heterocycles. The summed E-state index contributed by atoms with van der Waals surface area (Å²) in [5.74, 6) is 0.914. The Hall–Kier alpha value is 0.480. The molecule has 0 amide bonds. The first-order chi connectivity index (χ1) is 6.25. The van der Waals surface area contributed by atoms with Gasteiger partial charge in [-0.3, -0.25) is 0 Å². The van der Waals surface area contributed by atoms with Crippen molar-refractivity contribution in [2.24, 2.45) is 11.3 Å². The lowest BCUT2D eigenvalue weighted by Crippen LogP contribution is -2.33. The van der Waals surface area contributed by atoms with E-state index in [1.54, 1.807) is 0 Å². The molecule has 1 rings (SSSR count). The van der Waals surface area contributed by atoms with Crippen molar-refractivity contribution in [3.05, 3.63) is 0 Å². The van der Waals surface area contributed by atoms with Crippen molar-refractivity contribution in [1.29, 1.82) is 0 Å². The predicted molar refractivity (Wildman–Crippen MR) is 63.4 cm³/mol. The van der Waals surface area contributed by atoms with Crippen LogP contribution in [0, 0.1) is 11.3 Å². The van der Waals surface area contributed by atoms with Gasteiger partial charge in [0.15, 0.2) is 0 Å². The van der Waals surface area contributed by atoms with E-state index in [4.69, 9.17) is 0 Å². The highest BCUT2D eigenvalue weighted by Crippen LogP contribution is 2.45. The second-order valence-corrected chi connectivity index (χ2v) is 5.31. The van der Waals surface area contributed by atoms with Gasteiger partial charge in [-0.1, -0.05) is 61.9 Å². The van der Waals surface area contributed by atoms with Gasteiger partial charge < -0.3 is 0 Å². The number of halogens is 1. The van der Waals surface area contributed by atoms with Crippen LogP contribution in [0.1, 0.15) is 58.8 Å². The van der Waals surface area contributed by atoms with Crippen LogP contribution in [0.15, 0.2) is 0 Å². The average Bonchev–Trinajstić information content (AvgIpc) is 2.19. The van der Waals surface area contributed by atoms with Crippen molar-refractivity contribution in [2.45, 2.75) is 58.8 Å². The first-order valence-corrected chi connectivity index (χ1v) is 6.93. The fraction of sp³-hybridized carbons (Fsp3) is 1.00. The molecule has 0 bridgehead atoms. The number of hydrogen-bond acceptors (Lipinski definition) is 0. The van der Waals surface area contributed by atoms with Crippen LogP contribution < -0.4 is 0 Å². The molecule has 1 aliphatic rings. The van der Waals surface area contributed by atoms with Gasteiger partial charge in [0.05, 0.1) is 0 Å². The fourth-order valence-corrected chi connectivity index (χ4v) is 3.87. The summed E-state index contributed by atoms with van der Waals surface area (Å²) in [7, 11) is 0. The van der Waals surface area contributed by atoms with Crippen molar-refractivity contribution in [3.8, 4) is 0 Å². The van der Waals surface area contributed by atoms with Crippen LogP contribution in [0.4, 0.5) is 0 Å². The second kappa shape index (κ2) is 5.38. The van der Waals surface area contributed by atoms with E-state index < -0.39 is 0 Å². The van der Waals surface area contributed by atoms with E-state index in [1.807, 2.05) is 0 Å². The molecule has 0 aromatic rings. The molecule has 1 aliphatic carbocycles. The number of hydrogen-bond donors (Lipinski definition) is 0. The zero-order valence-electron chi connectivity index (χ0n) is 9.11. The third-order valence-electron chi connectivity index (χ3n) is 3.88. The standard InChI is InChI=1S/C12H23Br/c1-3-7-11(2)12(10-13)8-5-4-6-9-12/h11H,3-10H2,1-2H3. The maximum atomic E-state index is 3.74. The lowest BCUT2D eigenvalue weighted by atomic mass is 9.66. The summed E-state index contributed by atoms with van der Waals surface area (Å²) in [4.78, 5) is 0.